The van der Waals surface area contributed by atoms with Crippen molar-refractivity contribution in [2.75, 3.05) is 35.7 Å². The minimum Gasteiger partial charge on any atom is -0.504 e. The lowest BCUT2D eigenvalue weighted by Gasteiger charge is -2.29. The second-order valence-corrected chi connectivity index (χ2v) is 8.00. The number of hydrogen-bond acceptors (Lipinski definition) is 5. The molecule has 0 spiro atoms. The van der Waals surface area contributed by atoms with E-state index in [1.54, 1.807) is 12.1 Å². The van der Waals surface area contributed by atoms with Gasteiger partial charge >= 0.3 is 0 Å². The van der Waals surface area contributed by atoms with Crippen LogP contribution in [0.15, 0.2) is 54.6 Å². The lowest BCUT2D eigenvalue weighted by atomic mass is 10.0. The number of piperidine rings is 1. The highest BCUT2D eigenvalue weighted by Gasteiger charge is 2.21. The van der Waals surface area contributed by atoms with E-state index in [0.29, 0.717) is 11.3 Å². The SMILES string of the molecule is COc1cc(-c2ccc3c(c2)Nc2cc(N4CCCCC4)ccc2NC3=O)ccc1O. The molecule has 0 radical (unpaired) electrons. The predicted octanol–water partition coefficient (Wildman–Crippen LogP) is 5.37. The number of rotatable bonds is 3. The topological polar surface area (TPSA) is 73.8 Å². The average molecular weight is 415 g/mol. The fourth-order valence-electron chi connectivity index (χ4n) is 4.31. The molecular formula is C25H25N3O3. The molecule has 1 fully saturated rings. The summed E-state index contributed by atoms with van der Waals surface area (Å²) in [6.07, 6.45) is 3.71. The Kier molecular flexibility index (Phi) is 4.90. The standard InChI is InChI=1S/C25H25N3O3/c1-31-24-14-17(6-10-23(24)29)16-5-8-19-21(13-16)26-22-15-18(28-11-3-2-4-12-28)7-9-20(22)27-25(19)30/h5-10,13-15,26,29H,2-4,11-12H2,1H3,(H,27,30). The third kappa shape index (κ3) is 3.65. The lowest BCUT2D eigenvalue weighted by molar-refractivity contribution is 0.102. The number of hydrogen-bond donors (Lipinski definition) is 3. The summed E-state index contributed by atoms with van der Waals surface area (Å²) in [6.45, 7) is 2.13. The van der Waals surface area contributed by atoms with Crippen LogP contribution < -0.4 is 20.3 Å². The molecule has 0 bridgehead atoms. The predicted molar refractivity (Wildman–Crippen MR) is 124 cm³/mol. The highest BCUT2D eigenvalue weighted by Crippen LogP contribution is 2.38. The van der Waals surface area contributed by atoms with Gasteiger partial charge in [0.2, 0.25) is 0 Å². The van der Waals surface area contributed by atoms with Crippen molar-refractivity contribution in [2.45, 2.75) is 19.3 Å². The van der Waals surface area contributed by atoms with E-state index >= 15 is 0 Å². The molecule has 2 aliphatic heterocycles. The molecule has 31 heavy (non-hydrogen) atoms. The number of benzene rings is 3. The monoisotopic (exact) mass is 415 g/mol. The lowest BCUT2D eigenvalue weighted by Crippen LogP contribution is -2.29. The highest BCUT2D eigenvalue weighted by atomic mass is 16.5. The Hall–Kier alpha value is -3.67. The minimum atomic E-state index is -0.137. The smallest absolute Gasteiger partial charge is 0.257 e. The molecule has 3 aromatic rings. The van der Waals surface area contributed by atoms with Crippen molar-refractivity contribution in [3.05, 3.63) is 60.2 Å². The molecule has 0 saturated carbocycles. The molecule has 0 unspecified atom stereocenters. The van der Waals surface area contributed by atoms with E-state index in [2.05, 4.69) is 27.7 Å². The van der Waals surface area contributed by atoms with Crippen LogP contribution in [-0.4, -0.2) is 31.2 Å². The van der Waals surface area contributed by atoms with Crippen molar-refractivity contribution in [1.82, 2.24) is 0 Å². The van der Waals surface area contributed by atoms with Crippen LogP contribution >= 0.6 is 0 Å². The maximum Gasteiger partial charge on any atom is 0.257 e. The molecule has 158 valence electrons. The van der Waals surface area contributed by atoms with Gasteiger partial charge in [0.15, 0.2) is 11.5 Å². The summed E-state index contributed by atoms with van der Waals surface area (Å²) in [7, 11) is 1.53. The Bertz CT molecular complexity index is 1150. The van der Waals surface area contributed by atoms with Crippen LogP contribution in [0.2, 0.25) is 0 Å². The fourth-order valence-corrected chi connectivity index (χ4v) is 4.31. The van der Waals surface area contributed by atoms with E-state index in [1.807, 2.05) is 30.3 Å². The molecule has 3 N–H and O–H groups in total. The quantitative estimate of drug-likeness (QED) is 0.536. The van der Waals surface area contributed by atoms with Gasteiger partial charge in [0.05, 0.1) is 29.7 Å². The third-order valence-electron chi connectivity index (χ3n) is 6.02. The Labute approximate surface area is 181 Å². The summed E-state index contributed by atoms with van der Waals surface area (Å²) >= 11 is 0. The van der Waals surface area contributed by atoms with Crippen molar-refractivity contribution in [3.63, 3.8) is 0 Å². The maximum atomic E-state index is 12.8. The van der Waals surface area contributed by atoms with Crippen molar-refractivity contribution in [2.24, 2.45) is 0 Å². The van der Waals surface area contributed by atoms with Gasteiger partial charge in [-0.05, 0) is 72.9 Å². The van der Waals surface area contributed by atoms with Crippen molar-refractivity contribution < 1.29 is 14.6 Å². The minimum absolute atomic E-state index is 0.0951. The Morgan fingerprint density at radius 1 is 0.839 bits per heavy atom. The summed E-state index contributed by atoms with van der Waals surface area (Å²) in [4.78, 5) is 15.2. The number of nitrogens with one attached hydrogen (secondary N) is 2. The number of phenolic OH excluding ortho intramolecular Hbond substituents is 1. The van der Waals surface area contributed by atoms with E-state index in [9.17, 15) is 9.90 Å². The van der Waals surface area contributed by atoms with Crippen LogP contribution in [0, 0.1) is 0 Å². The van der Waals surface area contributed by atoms with Gasteiger partial charge in [0.1, 0.15) is 0 Å². The number of fused-ring (bicyclic) bond motifs is 2. The third-order valence-corrected chi connectivity index (χ3v) is 6.02. The number of amides is 1. The van der Waals surface area contributed by atoms with Crippen LogP contribution in [0.3, 0.4) is 0 Å². The molecular weight excluding hydrogens is 390 g/mol. The molecule has 0 aromatic heterocycles. The molecule has 3 aromatic carbocycles. The van der Waals surface area contributed by atoms with E-state index in [0.717, 1.165) is 41.3 Å². The molecule has 0 atom stereocenters. The van der Waals surface area contributed by atoms with Gasteiger partial charge < -0.3 is 25.4 Å². The van der Waals surface area contributed by atoms with Crippen LogP contribution in [0.4, 0.5) is 22.7 Å². The molecule has 5 rings (SSSR count). The van der Waals surface area contributed by atoms with Crippen LogP contribution in [0.25, 0.3) is 11.1 Å². The molecule has 1 amide bonds. The first-order chi connectivity index (χ1) is 15.1. The molecule has 2 aliphatic rings. The van der Waals surface area contributed by atoms with E-state index in [1.165, 1.54) is 32.1 Å². The van der Waals surface area contributed by atoms with Gasteiger partial charge in [-0.15, -0.1) is 0 Å². The zero-order chi connectivity index (χ0) is 21.4. The number of carbonyl (C=O) groups excluding carboxylic acids is 1. The highest BCUT2D eigenvalue weighted by molar-refractivity contribution is 6.12. The van der Waals surface area contributed by atoms with Gasteiger partial charge in [-0.3, -0.25) is 4.79 Å². The fraction of sp³-hybridized carbons (Fsp3) is 0.240. The zero-order valence-corrected chi connectivity index (χ0v) is 17.4. The Morgan fingerprint density at radius 3 is 2.42 bits per heavy atom. The van der Waals surface area contributed by atoms with Crippen LogP contribution in [0.1, 0.15) is 29.6 Å². The van der Waals surface area contributed by atoms with Crippen molar-refractivity contribution in [1.29, 1.82) is 0 Å². The maximum absolute atomic E-state index is 12.8. The van der Waals surface area contributed by atoms with Crippen molar-refractivity contribution >= 4 is 28.7 Å². The summed E-state index contributed by atoms with van der Waals surface area (Å²) in [5.41, 5.74) is 5.98. The van der Waals surface area contributed by atoms with E-state index < -0.39 is 0 Å². The van der Waals surface area contributed by atoms with Gasteiger partial charge in [0.25, 0.3) is 5.91 Å². The van der Waals surface area contributed by atoms with Gasteiger partial charge in [-0.25, -0.2) is 0 Å². The zero-order valence-electron chi connectivity index (χ0n) is 17.4. The normalized spacial score (nSPS) is 15.3. The Morgan fingerprint density at radius 2 is 1.61 bits per heavy atom. The first kappa shape index (κ1) is 19.3. The van der Waals surface area contributed by atoms with Crippen LogP contribution in [-0.2, 0) is 0 Å². The first-order valence-corrected chi connectivity index (χ1v) is 10.6. The van der Waals surface area contributed by atoms with Gasteiger partial charge in [-0.2, -0.15) is 0 Å². The average Bonchev–Trinajstić information content (AvgIpc) is 2.94. The summed E-state index contributed by atoms with van der Waals surface area (Å²) in [5, 5.41) is 16.4. The molecule has 0 aliphatic carbocycles. The number of phenols is 1. The molecule has 6 heteroatoms. The summed E-state index contributed by atoms with van der Waals surface area (Å²) in [6, 6.07) is 17.1. The van der Waals surface area contributed by atoms with Crippen molar-refractivity contribution in [3.8, 4) is 22.6 Å². The van der Waals surface area contributed by atoms with Crippen LogP contribution in [0.5, 0.6) is 11.5 Å². The Balaban J connectivity index is 1.52. The second-order valence-electron chi connectivity index (χ2n) is 8.00. The summed E-state index contributed by atoms with van der Waals surface area (Å²) in [5.74, 6) is 0.370. The number of ether oxygens (including phenoxy) is 1. The number of nitrogens with zero attached hydrogens (tertiary/aromatic N) is 1. The van der Waals surface area contributed by atoms with Gasteiger partial charge in [0, 0.05) is 18.8 Å². The number of aromatic hydroxyl groups is 1. The molecule has 1 saturated heterocycles. The van der Waals surface area contributed by atoms with Gasteiger partial charge in [-0.1, -0.05) is 12.1 Å². The molecule has 6 nitrogen and oxygen atoms in total. The molecule has 2 heterocycles. The second kappa shape index (κ2) is 7.87. The largest absolute Gasteiger partial charge is 0.504 e. The number of methoxy groups -OCH3 is 1. The number of carbonyl (C=O) groups is 1. The van der Waals surface area contributed by atoms with E-state index in [-0.39, 0.29) is 11.7 Å². The number of anilines is 4. The first-order valence-electron chi connectivity index (χ1n) is 10.6. The van der Waals surface area contributed by atoms with E-state index in [4.69, 9.17) is 4.74 Å². The summed E-state index contributed by atoms with van der Waals surface area (Å²) < 4.78 is 5.24.